The van der Waals surface area contributed by atoms with E-state index in [1.165, 1.54) is 11.3 Å². The van der Waals surface area contributed by atoms with E-state index >= 15 is 0 Å². The van der Waals surface area contributed by atoms with Crippen molar-refractivity contribution < 1.29 is 5.11 Å². The van der Waals surface area contributed by atoms with Gasteiger partial charge in [-0.15, -0.1) is 0 Å². The third-order valence-electron chi connectivity index (χ3n) is 2.12. The molecule has 1 aromatic carbocycles. The SMILES string of the molecule is CN(C)c1ccc(CCCO)cc1Br. The standard InChI is InChI=1S/C11H16BrNO/c1-13(2)11-6-5-9(4-3-7-14)8-10(11)12/h5-6,8,14H,3-4,7H2,1-2H3. The van der Waals surface area contributed by atoms with Gasteiger partial charge in [-0.2, -0.15) is 0 Å². The van der Waals surface area contributed by atoms with Gasteiger partial charge in [0.25, 0.3) is 0 Å². The third kappa shape index (κ3) is 3.00. The van der Waals surface area contributed by atoms with Crippen LogP contribution in [-0.4, -0.2) is 25.8 Å². The Hall–Kier alpha value is -0.540. The van der Waals surface area contributed by atoms with Crippen LogP contribution in [0, 0.1) is 0 Å². The van der Waals surface area contributed by atoms with E-state index in [-0.39, 0.29) is 6.61 Å². The summed E-state index contributed by atoms with van der Waals surface area (Å²) in [7, 11) is 4.04. The summed E-state index contributed by atoms with van der Waals surface area (Å²) in [6.45, 7) is 0.257. The molecule has 0 amide bonds. The zero-order chi connectivity index (χ0) is 10.6. The number of benzene rings is 1. The minimum Gasteiger partial charge on any atom is -0.396 e. The van der Waals surface area contributed by atoms with Gasteiger partial charge in [-0.25, -0.2) is 0 Å². The first-order valence-corrected chi connectivity index (χ1v) is 5.51. The molecule has 0 saturated carbocycles. The number of halogens is 1. The zero-order valence-electron chi connectivity index (χ0n) is 8.63. The first-order chi connectivity index (χ1) is 6.65. The summed E-state index contributed by atoms with van der Waals surface area (Å²) in [5.74, 6) is 0. The predicted octanol–water partition coefficient (Wildman–Crippen LogP) is 2.44. The Morgan fingerprint density at radius 3 is 2.57 bits per heavy atom. The molecular weight excluding hydrogens is 242 g/mol. The highest BCUT2D eigenvalue weighted by atomic mass is 79.9. The molecule has 0 aliphatic heterocycles. The van der Waals surface area contributed by atoms with Crippen molar-refractivity contribution in [3.8, 4) is 0 Å². The lowest BCUT2D eigenvalue weighted by Crippen LogP contribution is -2.09. The number of nitrogens with zero attached hydrogens (tertiary/aromatic N) is 1. The van der Waals surface area contributed by atoms with Crippen LogP contribution in [0.4, 0.5) is 5.69 Å². The molecule has 1 rings (SSSR count). The van der Waals surface area contributed by atoms with Crippen molar-refractivity contribution in [3.63, 3.8) is 0 Å². The van der Waals surface area contributed by atoms with E-state index in [2.05, 4.69) is 39.0 Å². The van der Waals surface area contributed by atoms with Gasteiger partial charge in [0.1, 0.15) is 0 Å². The maximum absolute atomic E-state index is 8.72. The van der Waals surface area contributed by atoms with Crippen molar-refractivity contribution in [3.05, 3.63) is 28.2 Å². The zero-order valence-corrected chi connectivity index (χ0v) is 10.2. The van der Waals surface area contributed by atoms with Gasteiger partial charge in [0, 0.05) is 25.2 Å². The Kier molecular flexibility index (Phi) is 4.42. The Balaban J connectivity index is 2.78. The second-order valence-corrected chi connectivity index (χ2v) is 4.36. The van der Waals surface area contributed by atoms with Crippen LogP contribution in [0.25, 0.3) is 0 Å². The van der Waals surface area contributed by atoms with Crippen molar-refractivity contribution in [2.24, 2.45) is 0 Å². The number of anilines is 1. The van der Waals surface area contributed by atoms with E-state index in [4.69, 9.17) is 5.11 Å². The predicted molar refractivity (Wildman–Crippen MR) is 63.9 cm³/mol. The van der Waals surface area contributed by atoms with E-state index in [9.17, 15) is 0 Å². The number of aliphatic hydroxyl groups excluding tert-OH is 1. The Bertz CT molecular complexity index is 299. The minimum absolute atomic E-state index is 0.257. The number of hydrogen-bond donors (Lipinski definition) is 1. The number of aryl methyl sites for hydroxylation is 1. The van der Waals surface area contributed by atoms with Gasteiger partial charge in [-0.3, -0.25) is 0 Å². The molecule has 0 spiro atoms. The molecule has 2 nitrogen and oxygen atoms in total. The van der Waals surface area contributed by atoms with Crippen LogP contribution in [0.5, 0.6) is 0 Å². The molecule has 3 heteroatoms. The normalized spacial score (nSPS) is 10.3. The van der Waals surface area contributed by atoms with Gasteiger partial charge in [-0.05, 0) is 46.5 Å². The topological polar surface area (TPSA) is 23.5 Å². The molecule has 78 valence electrons. The highest BCUT2D eigenvalue weighted by Gasteiger charge is 2.02. The van der Waals surface area contributed by atoms with Crippen LogP contribution in [0.3, 0.4) is 0 Å². The summed E-state index contributed by atoms with van der Waals surface area (Å²) in [5, 5.41) is 8.72. The number of rotatable bonds is 4. The monoisotopic (exact) mass is 257 g/mol. The van der Waals surface area contributed by atoms with Crippen molar-refractivity contribution in [2.75, 3.05) is 25.6 Å². The fourth-order valence-corrected chi connectivity index (χ4v) is 2.13. The average Bonchev–Trinajstić information content (AvgIpc) is 2.14. The van der Waals surface area contributed by atoms with Crippen molar-refractivity contribution >= 4 is 21.6 Å². The second-order valence-electron chi connectivity index (χ2n) is 3.51. The molecule has 0 radical (unpaired) electrons. The smallest absolute Gasteiger partial charge is 0.0505 e. The molecule has 0 saturated heterocycles. The van der Waals surface area contributed by atoms with E-state index in [0.29, 0.717) is 0 Å². The molecule has 1 aromatic rings. The van der Waals surface area contributed by atoms with Gasteiger partial charge in [0.2, 0.25) is 0 Å². The van der Waals surface area contributed by atoms with Crippen LogP contribution in [0.2, 0.25) is 0 Å². The Morgan fingerprint density at radius 1 is 1.36 bits per heavy atom. The molecular formula is C11H16BrNO. The van der Waals surface area contributed by atoms with E-state index in [1.807, 2.05) is 14.1 Å². The van der Waals surface area contributed by atoms with Crippen LogP contribution < -0.4 is 4.90 Å². The molecule has 0 atom stereocenters. The number of aliphatic hydroxyl groups is 1. The maximum Gasteiger partial charge on any atom is 0.0505 e. The molecule has 0 unspecified atom stereocenters. The van der Waals surface area contributed by atoms with E-state index in [1.54, 1.807) is 0 Å². The van der Waals surface area contributed by atoms with Gasteiger partial charge in [-0.1, -0.05) is 6.07 Å². The first-order valence-electron chi connectivity index (χ1n) is 4.71. The molecule has 0 aliphatic carbocycles. The molecule has 0 aliphatic rings. The highest BCUT2D eigenvalue weighted by Crippen LogP contribution is 2.26. The van der Waals surface area contributed by atoms with E-state index in [0.717, 1.165) is 17.3 Å². The van der Waals surface area contributed by atoms with Crippen molar-refractivity contribution in [1.82, 2.24) is 0 Å². The summed E-state index contributed by atoms with van der Waals surface area (Å²) >= 11 is 3.54. The molecule has 0 heterocycles. The summed E-state index contributed by atoms with van der Waals surface area (Å²) < 4.78 is 1.11. The van der Waals surface area contributed by atoms with E-state index < -0.39 is 0 Å². The van der Waals surface area contributed by atoms with Gasteiger partial charge in [0.15, 0.2) is 0 Å². The van der Waals surface area contributed by atoms with Crippen molar-refractivity contribution in [2.45, 2.75) is 12.8 Å². The molecule has 0 fully saturated rings. The van der Waals surface area contributed by atoms with Gasteiger partial charge in [0.05, 0.1) is 5.69 Å². The van der Waals surface area contributed by atoms with Crippen LogP contribution >= 0.6 is 15.9 Å². The van der Waals surface area contributed by atoms with Crippen LogP contribution in [-0.2, 0) is 6.42 Å². The van der Waals surface area contributed by atoms with Gasteiger partial charge >= 0.3 is 0 Å². The molecule has 1 N–H and O–H groups in total. The largest absolute Gasteiger partial charge is 0.396 e. The fourth-order valence-electron chi connectivity index (χ4n) is 1.35. The summed E-state index contributed by atoms with van der Waals surface area (Å²) in [4.78, 5) is 2.07. The Labute approximate surface area is 93.7 Å². The average molecular weight is 258 g/mol. The quantitative estimate of drug-likeness (QED) is 0.896. The summed E-state index contributed by atoms with van der Waals surface area (Å²) in [6, 6.07) is 6.32. The lowest BCUT2D eigenvalue weighted by Gasteiger charge is -2.15. The lowest BCUT2D eigenvalue weighted by atomic mass is 10.1. The van der Waals surface area contributed by atoms with Crippen LogP contribution in [0.1, 0.15) is 12.0 Å². The third-order valence-corrected chi connectivity index (χ3v) is 2.75. The van der Waals surface area contributed by atoms with Crippen LogP contribution in [0.15, 0.2) is 22.7 Å². The summed E-state index contributed by atoms with van der Waals surface area (Å²) in [5.41, 5.74) is 2.44. The maximum atomic E-state index is 8.72. The lowest BCUT2D eigenvalue weighted by molar-refractivity contribution is 0.288. The fraction of sp³-hybridized carbons (Fsp3) is 0.455. The highest BCUT2D eigenvalue weighted by molar-refractivity contribution is 9.10. The Morgan fingerprint density at radius 2 is 2.07 bits per heavy atom. The second kappa shape index (κ2) is 5.37. The molecule has 0 aromatic heterocycles. The molecule has 0 bridgehead atoms. The minimum atomic E-state index is 0.257. The van der Waals surface area contributed by atoms with Crippen molar-refractivity contribution in [1.29, 1.82) is 0 Å². The first kappa shape index (κ1) is 11.5. The number of hydrogen-bond acceptors (Lipinski definition) is 2. The molecule has 14 heavy (non-hydrogen) atoms. The summed E-state index contributed by atoms with van der Waals surface area (Å²) in [6.07, 6.45) is 1.76. The van der Waals surface area contributed by atoms with Gasteiger partial charge < -0.3 is 10.0 Å².